The molecule has 29 heavy (non-hydrogen) atoms. The van der Waals surface area contributed by atoms with E-state index in [2.05, 4.69) is 24.3 Å². The smallest absolute Gasteiger partial charge is 0.226 e. The zero-order chi connectivity index (χ0) is 20.8. The van der Waals surface area contributed by atoms with Crippen LogP contribution >= 0.6 is 0 Å². The van der Waals surface area contributed by atoms with Gasteiger partial charge >= 0.3 is 0 Å². The van der Waals surface area contributed by atoms with Crippen molar-refractivity contribution in [2.75, 3.05) is 23.4 Å². The van der Waals surface area contributed by atoms with Crippen LogP contribution in [0.15, 0.2) is 24.3 Å². The third kappa shape index (κ3) is 4.03. The first-order valence-electron chi connectivity index (χ1n) is 10.1. The number of aromatic nitrogens is 2. The Bertz CT molecular complexity index is 1040. The number of carbonyl (C=O) groups excluding carboxylic acids is 1. The second-order valence-electron chi connectivity index (χ2n) is 8.43. The summed E-state index contributed by atoms with van der Waals surface area (Å²) in [4.78, 5) is 12.5. The van der Waals surface area contributed by atoms with E-state index in [4.69, 9.17) is 4.74 Å². The van der Waals surface area contributed by atoms with Gasteiger partial charge in [-0.25, -0.2) is 13.1 Å². The average Bonchev–Trinajstić information content (AvgIpc) is 3.19. The van der Waals surface area contributed by atoms with E-state index in [1.165, 1.54) is 0 Å². The highest BCUT2D eigenvalue weighted by Crippen LogP contribution is 2.42. The topological polar surface area (TPSA) is 90.3 Å². The molecule has 7 nitrogen and oxygen atoms in total. The van der Waals surface area contributed by atoms with Crippen LogP contribution in [0.1, 0.15) is 55.5 Å². The van der Waals surface area contributed by atoms with Gasteiger partial charge in [0.1, 0.15) is 11.6 Å². The molecule has 1 saturated heterocycles. The van der Waals surface area contributed by atoms with E-state index in [0.29, 0.717) is 31.2 Å². The summed E-state index contributed by atoms with van der Waals surface area (Å²) in [6.45, 7) is 6.75. The quantitative estimate of drug-likeness (QED) is 0.807. The highest BCUT2D eigenvalue weighted by Gasteiger charge is 2.37. The van der Waals surface area contributed by atoms with E-state index >= 15 is 0 Å². The van der Waals surface area contributed by atoms with Crippen LogP contribution in [0, 0.1) is 12.8 Å². The maximum Gasteiger partial charge on any atom is 0.226 e. The van der Waals surface area contributed by atoms with Crippen LogP contribution in [-0.2, 0) is 14.6 Å². The summed E-state index contributed by atoms with van der Waals surface area (Å²) >= 11 is 0. The third-order valence-electron chi connectivity index (χ3n) is 5.53. The molecule has 8 heteroatoms. The van der Waals surface area contributed by atoms with Gasteiger partial charge in [-0.15, -0.1) is 0 Å². The molecule has 1 N–H and O–H groups in total. The molecular formula is C21H27N3O4S. The first-order chi connectivity index (χ1) is 13.7. The third-order valence-corrected chi connectivity index (χ3v) is 7.28. The van der Waals surface area contributed by atoms with Gasteiger partial charge in [0, 0.05) is 17.9 Å². The highest BCUT2D eigenvalue weighted by molar-refractivity contribution is 7.91. The molecule has 2 aromatic rings. The van der Waals surface area contributed by atoms with E-state index in [-0.39, 0.29) is 29.4 Å². The predicted molar refractivity (Wildman–Crippen MR) is 111 cm³/mol. The number of ether oxygens (including phenoxy) is 1. The Morgan fingerprint density at radius 1 is 1.34 bits per heavy atom. The summed E-state index contributed by atoms with van der Waals surface area (Å²) in [7, 11) is -3.05. The maximum absolute atomic E-state index is 12.5. The molecule has 0 radical (unpaired) electrons. The monoisotopic (exact) mass is 417 g/mol. The zero-order valence-electron chi connectivity index (χ0n) is 17.0. The molecule has 0 bridgehead atoms. The van der Waals surface area contributed by atoms with Crippen LogP contribution < -0.4 is 10.1 Å². The van der Waals surface area contributed by atoms with E-state index in [1.807, 2.05) is 31.2 Å². The SMILES string of the molecule is Cc1nn([C@H]2CCS(=O)(=O)C2)c2c1[C@H](c1cccc(OCC(C)C)c1)CC(=O)N2. The molecule has 2 atom stereocenters. The van der Waals surface area contributed by atoms with Crippen molar-refractivity contribution in [3.05, 3.63) is 41.1 Å². The van der Waals surface area contributed by atoms with Crippen LogP contribution in [0.25, 0.3) is 0 Å². The number of amides is 1. The van der Waals surface area contributed by atoms with Gasteiger partial charge in [0.2, 0.25) is 5.91 Å². The molecule has 3 heterocycles. The standard InChI is InChI=1S/C21H27N3O4S/c1-13(2)11-28-17-6-4-5-15(9-17)18-10-19(25)22-21-20(18)14(3)23-24(21)16-7-8-29(26,27)12-16/h4-6,9,13,16,18H,7-8,10-12H2,1-3H3,(H,22,25)/t16-,18-/m0/s1. The fourth-order valence-corrected chi connectivity index (χ4v) is 5.87. The lowest BCUT2D eigenvalue weighted by Crippen LogP contribution is -2.26. The van der Waals surface area contributed by atoms with Gasteiger partial charge in [-0.05, 0) is 37.0 Å². The molecule has 4 rings (SSSR count). The second kappa shape index (κ2) is 7.48. The van der Waals surface area contributed by atoms with E-state index in [9.17, 15) is 13.2 Å². The molecule has 0 spiro atoms. The van der Waals surface area contributed by atoms with Gasteiger partial charge < -0.3 is 10.1 Å². The van der Waals surface area contributed by atoms with Crippen molar-refractivity contribution in [1.82, 2.24) is 9.78 Å². The fourth-order valence-electron chi connectivity index (χ4n) is 4.17. The average molecular weight is 418 g/mol. The van der Waals surface area contributed by atoms with Crippen molar-refractivity contribution in [1.29, 1.82) is 0 Å². The molecule has 0 saturated carbocycles. The molecule has 2 aliphatic heterocycles. The normalized spacial score (nSPS) is 23.1. The number of nitrogens with one attached hydrogen (secondary N) is 1. The van der Waals surface area contributed by atoms with Crippen LogP contribution in [0.2, 0.25) is 0 Å². The number of hydrogen-bond donors (Lipinski definition) is 1. The summed E-state index contributed by atoms with van der Waals surface area (Å²) in [6.07, 6.45) is 0.852. The summed E-state index contributed by atoms with van der Waals surface area (Å²) in [5.74, 6) is 1.87. The van der Waals surface area contributed by atoms with E-state index in [1.54, 1.807) is 4.68 Å². The number of fused-ring (bicyclic) bond motifs is 1. The number of sulfone groups is 1. The summed E-state index contributed by atoms with van der Waals surface area (Å²) in [6, 6.07) is 7.64. The summed E-state index contributed by atoms with van der Waals surface area (Å²) in [5.41, 5.74) is 2.79. The lowest BCUT2D eigenvalue weighted by molar-refractivity contribution is -0.116. The maximum atomic E-state index is 12.5. The largest absolute Gasteiger partial charge is 0.493 e. The minimum Gasteiger partial charge on any atom is -0.493 e. The number of rotatable bonds is 5. The molecule has 0 aliphatic carbocycles. The van der Waals surface area contributed by atoms with Gasteiger partial charge in [0.25, 0.3) is 0 Å². The van der Waals surface area contributed by atoms with Gasteiger partial charge in [-0.1, -0.05) is 26.0 Å². The van der Waals surface area contributed by atoms with Crippen LogP contribution in [0.4, 0.5) is 5.82 Å². The molecule has 1 amide bonds. The Hall–Kier alpha value is -2.35. The minimum atomic E-state index is -3.05. The Morgan fingerprint density at radius 2 is 2.14 bits per heavy atom. The predicted octanol–water partition coefficient (Wildman–Crippen LogP) is 3.06. The van der Waals surface area contributed by atoms with Gasteiger partial charge in [0.05, 0.1) is 29.8 Å². The number of nitrogens with zero attached hydrogens (tertiary/aromatic N) is 2. The van der Waals surface area contributed by atoms with Crippen molar-refractivity contribution in [3.8, 4) is 5.75 Å². The first kappa shape index (κ1) is 19.9. The van der Waals surface area contributed by atoms with Gasteiger partial charge in [-0.2, -0.15) is 5.10 Å². The summed E-state index contributed by atoms with van der Waals surface area (Å²) < 4.78 is 31.5. The minimum absolute atomic E-state index is 0.0691. The van der Waals surface area contributed by atoms with Crippen molar-refractivity contribution < 1.29 is 17.9 Å². The lowest BCUT2D eigenvalue weighted by Gasteiger charge is -2.25. The van der Waals surface area contributed by atoms with E-state index in [0.717, 1.165) is 22.6 Å². The first-order valence-corrected chi connectivity index (χ1v) is 11.9. The Kier molecular flexibility index (Phi) is 5.14. The number of benzene rings is 1. The molecule has 156 valence electrons. The van der Waals surface area contributed by atoms with E-state index < -0.39 is 9.84 Å². The summed E-state index contributed by atoms with van der Waals surface area (Å²) in [5, 5.41) is 7.58. The van der Waals surface area contributed by atoms with Crippen molar-refractivity contribution in [3.63, 3.8) is 0 Å². The number of hydrogen-bond acceptors (Lipinski definition) is 5. The molecule has 0 unspecified atom stereocenters. The molecule has 1 fully saturated rings. The number of aryl methyl sites for hydroxylation is 1. The molecular weight excluding hydrogens is 390 g/mol. The van der Waals surface area contributed by atoms with Crippen LogP contribution in [0.5, 0.6) is 5.75 Å². The van der Waals surface area contributed by atoms with Gasteiger partial charge in [0.15, 0.2) is 9.84 Å². The molecule has 1 aromatic carbocycles. The Morgan fingerprint density at radius 3 is 2.83 bits per heavy atom. The number of carbonyl (C=O) groups is 1. The molecule has 2 aliphatic rings. The Balaban J connectivity index is 1.70. The second-order valence-corrected chi connectivity index (χ2v) is 10.7. The van der Waals surface area contributed by atoms with Gasteiger partial charge in [-0.3, -0.25) is 4.79 Å². The van der Waals surface area contributed by atoms with Crippen molar-refractivity contribution in [2.45, 2.75) is 45.6 Å². The molecule has 1 aromatic heterocycles. The zero-order valence-corrected chi connectivity index (χ0v) is 17.8. The van der Waals surface area contributed by atoms with Crippen molar-refractivity contribution >= 4 is 21.6 Å². The fraction of sp³-hybridized carbons (Fsp3) is 0.524. The van der Waals surface area contributed by atoms with Crippen LogP contribution in [0.3, 0.4) is 0 Å². The van der Waals surface area contributed by atoms with Crippen LogP contribution in [-0.4, -0.2) is 42.2 Å². The Labute approximate surface area is 171 Å². The lowest BCUT2D eigenvalue weighted by atomic mass is 9.85. The number of anilines is 1. The highest BCUT2D eigenvalue weighted by atomic mass is 32.2. The van der Waals surface area contributed by atoms with Crippen molar-refractivity contribution in [2.24, 2.45) is 5.92 Å².